The van der Waals surface area contributed by atoms with Crippen molar-refractivity contribution < 1.29 is 27.4 Å². The molecule has 1 fully saturated rings. The molecule has 0 saturated carbocycles. The van der Waals surface area contributed by atoms with Crippen molar-refractivity contribution in [1.29, 1.82) is 0 Å². The Kier molecular flexibility index (Phi) is 5.60. The topological polar surface area (TPSA) is 66.6 Å². The fourth-order valence-electron chi connectivity index (χ4n) is 4.05. The minimum absolute atomic E-state index is 0.00653. The Bertz CT molecular complexity index is 974. The number of halogens is 3. The SMILES string of the molecule is CC1=CNC(C)c2c(C(=O)N3CCC(Oc4ccc(OC(F)(F)F)cc4)CC3)c[nH]c21. The van der Waals surface area contributed by atoms with Crippen LogP contribution in [0.1, 0.15) is 54.3 Å². The van der Waals surface area contributed by atoms with Gasteiger partial charge in [0.05, 0.1) is 11.6 Å². The van der Waals surface area contributed by atoms with Gasteiger partial charge in [-0.25, -0.2) is 0 Å². The van der Waals surface area contributed by atoms with Gasteiger partial charge >= 0.3 is 6.36 Å². The quantitative estimate of drug-likeness (QED) is 0.736. The molecule has 3 heterocycles. The Morgan fingerprint density at radius 1 is 1.13 bits per heavy atom. The number of hydrogen-bond acceptors (Lipinski definition) is 4. The molecular formula is C22H24F3N3O3. The molecule has 2 aromatic rings. The standard InChI is InChI=1S/C22H24F3N3O3/c1-13-11-26-14(2)19-18(12-27-20(13)19)21(29)28-9-7-16(8-10-28)30-15-3-5-17(6-4-15)31-22(23,24)25/h3-6,11-12,14,16,26-27H,7-10H2,1-2H3. The van der Waals surface area contributed by atoms with Crippen LogP contribution in [0.3, 0.4) is 0 Å². The van der Waals surface area contributed by atoms with Gasteiger partial charge < -0.3 is 24.7 Å². The number of likely N-dealkylation sites (tertiary alicyclic amines) is 1. The van der Waals surface area contributed by atoms with Crippen molar-refractivity contribution in [1.82, 2.24) is 15.2 Å². The monoisotopic (exact) mass is 435 g/mol. The zero-order chi connectivity index (χ0) is 22.2. The molecule has 1 unspecified atom stereocenters. The lowest BCUT2D eigenvalue weighted by Crippen LogP contribution is -2.42. The predicted octanol–water partition coefficient (Wildman–Crippen LogP) is 4.62. The van der Waals surface area contributed by atoms with Gasteiger partial charge in [0, 0.05) is 49.6 Å². The molecule has 166 valence electrons. The summed E-state index contributed by atoms with van der Waals surface area (Å²) in [5.74, 6) is 0.179. The zero-order valence-electron chi connectivity index (χ0n) is 17.3. The number of rotatable bonds is 4. The number of nitrogens with one attached hydrogen (secondary N) is 2. The summed E-state index contributed by atoms with van der Waals surface area (Å²) in [6.45, 7) is 5.12. The van der Waals surface area contributed by atoms with Gasteiger partial charge in [-0.15, -0.1) is 13.2 Å². The van der Waals surface area contributed by atoms with E-state index < -0.39 is 6.36 Å². The average Bonchev–Trinajstić information content (AvgIpc) is 3.18. The lowest BCUT2D eigenvalue weighted by molar-refractivity contribution is -0.274. The molecule has 0 radical (unpaired) electrons. The minimum atomic E-state index is -4.72. The third kappa shape index (κ3) is 4.65. The van der Waals surface area contributed by atoms with Crippen LogP contribution in [0.25, 0.3) is 5.57 Å². The first kappa shape index (κ1) is 21.1. The molecule has 31 heavy (non-hydrogen) atoms. The van der Waals surface area contributed by atoms with Crippen LogP contribution in [0.15, 0.2) is 36.7 Å². The molecular weight excluding hydrogens is 411 g/mol. The maximum Gasteiger partial charge on any atom is 0.573 e. The third-order valence-corrected chi connectivity index (χ3v) is 5.62. The van der Waals surface area contributed by atoms with Crippen molar-refractivity contribution in [2.75, 3.05) is 13.1 Å². The molecule has 2 aliphatic heterocycles. The maximum absolute atomic E-state index is 13.1. The summed E-state index contributed by atoms with van der Waals surface area (Å²) < 4.78 is 46.5. The molecule has 9 heteroatoms. The summed E-state index contributed by atoms with van der Waals surface area (Å²) in [6.07, 6.45) is 0.189. The van der Waals surface area contributed by atoms with Crippen LogP contribution >= 0.6 is 0 Å². The van der Waals surface area contributed by atoms with Gasteiger partial charge in [-0.3, -0.25) is 4.79 Å². The Hall–Kier alpha value is -3.10. The second kappa shape index (κ2) is 8.20. The normalized spacial score (nSPS) is 19.3. The number of H-pyrrole nitrogens is 1. The Morgan fingerprint density at radius 2 is 1.77 bits per heavy atom. The van der Waals surface area contributed by atoms with E-state index in [2.05, 4.69) is 15.0 Å². The molecule has 0 bridgehead atoms. The summed E-state index contributed by atoms with van der Waals surface area (Å²) >= 11 is 0. The van der Waals surface area contributed by atoms with Gasteiger partial charge in [-0.05, 0) is 43.7 Å². The number of nitrogens with zero attached hydrogens (tertiary/aromatic N) is 1. The number of carbonyl (C=O) groups is 1. The first-order chi connectivity index (χ1) is 14.7. The molecule has 2 N–H and O–H groups in total. The van der Waals surface area contributed by atoms with Crippen LogP contribution in [-0.4, -0.2) is 41.3 Å². The Balaban J connectivity index is 1.34. The number of benzene rings is 1. The smallest absolute Gasteiger partial charge is 0.490 e. The highest BCUT2D eigenvalue weighted by Crippen LogP contribution is 2.32. The van der Waals surface area contributed by atoms with Gasteiger partial charge in [-0.1, -0.05) is 0 Å². The number of ether oxygens (including phenoxy) is 2. The van der Waals surface area contributed by atoms with E-state index in [1.165, 1.54) is 24.3 Å². The second-order valence-corrected chi connectivity index (χ2v) is 7.84. The van der Waals surface area contributed by atoms with Crippen LogP contribution in [-0.2, 0) is 0 Å². The Labute approximate surface area is 178 Å². The minimum Gasteiger partial charge on any atom is -0.490 e. The Morgan fingerprint density at radius 3 is 2.42 bits per heavy atom. The highest BCUT2D eigenvalue weighted by atomic mass is 19.4. The molecule has 2 aliphatic rings. The van der Waals surface area contributed by atoms with Crippen molar-refractivity contribution in [2.24, 2.45) is 0 Å². The number of piperidine rings is 1. The molecule has 0 spiro atoms. The molecule has 1 aromatic heterocycles. The van der Waals surface area contributed by atoms with Crippen molar-refractivity contribution in [2.45, 2.75) is 45.2 Å². The fraction of sp³-hybridized carbons (Fsp3) is 0.409. The van der Waals surface area contributed by atoms with Gasteiger partial charge in [0.1, 0.15) is 17.6 Å². The first-order valence-corrected chi connectivity index (χ1v) is 10.2. The van der Waals surface area contributed by atoms with Crippen LogP contribution in [0.4, 0.5) is 13.2 Å². The number of aromatic nitrogens is 1. The van der Waals surface area contributed by atoms with Crippen LogP contribution in [0.5, 0.6) is 11.5 Å². The van der Waals surface area contributed by atoms with Crippen LogP contribution in [0, 0.1) is 0 Å². The van der Waals surface area contributed by atoms with Gasteiger partial charge in [0.25, 0.3) is 5.91 Å². The van der Waals surface area contributed by atoms with Crippen LogP contribution in [0.2, 0.25) is 0 Å². The van der Waals surface area contributed by atoms with E-state index in [9.17, 15) is 18.0 Å². The molecule has 1 atom stereocenters. The van der Waals surface area contributed by atoms with Gasteiger partial charge in [-0.2, -0.15) is 0 Å². The summed E-state index contributed by atoms with van der Waals surface area (Å²) in [7, 11) is 0. The van der Waals surface area contributed by atoms with Crippen LogP contribution < -0.4 is 14.8 Å². The van der Waals surface area contributed by atoms with E-state index in [0.717, 1.165) is 16.8 Å². The third-order valence-electron chi connectivity index (χ3n) is 5.62. The van der Waals surface area contributed by atoms with E-state index in [-0.39, 0.29) is 23.8 Å². The number of allylic oxidation sites excluding steroid dienone is 1. The molecule has 6 nitrogen and oxygen atoms in total. The lowest BCUT2D eigenvalue weighted by atomic mass is 9.96. The number of hydrogen-bond donors (Lipinski definition) is 2. The fourth-order valence-corrected chi connectivity index (χ4v) is 4.05. The van der Waals surface area contributed by atoms with Crippen molar-refractivity contribution in [3.05, 3.63) is 53.5 Å². The maximum atomic E-state index is 13.1. The highest BCUT2D eigenvalue weighted by molar-refractivity contribution is 5.97. The van der Waals surface area contributed by atoms with E-state index in [4.69, 9.17) is 4.74 Å². The molecule has 0 aliphatic carbocycles. The summed E-state index contributed by atoms with van der Waals surface area (Å²) in [6, 6.07) is 5.41. The first-order valence-electron chi connectivity index (χ1n) is 10.2. The van der Waals surface area contributed by atoms with Crippen molar-refractivity contribution in [3.8, 4) is 11.5 Å². The summed E-state index contributed by atoms with van der Waals surface area (Å²) in [5, 5.41) is 3.28. The zero-order valence-corrected chi connectivity index (χ0v) is 17.3. The van der Waals surface area contributed by atoms with Gasteiger partial charge in [0.15, 0.2) is 0 Å². The number of aromatic amines is 1. The van der Waals surface area contributed by atoms with E-state index >= 15 is 0 Å². The van der Waals surface area contributed by atoms with E-state index in [0.29, 0.717) is 37.2 Å². The van der Waals surface area contributed by atoms with E-state index in [1.807, 2.05) is 24.9 Å². The molecule has 4 rings (SSSR count). The molecule has 1 aromatic carbocycles. The largest absolute Gasteiger partial charge is 0.573 e. The molecule has 1 amide bonds. The number of amides is 1. The van der Waals surface area contributed by atoms with Crippen molar-refractivity contribution in [3.63, 3.8) is 0 Å². The summed E-state index contributed by atoms with van der Waals surface area (Å²) in [5.41, 5.74) is 3.73. The van der Waals surface area contributed by atoms with Gasteiger partial charge in [0.2, 0.25) is 0 Å². The van der Waals surface area contributed by atoms with Crippen molar-refractivity contribution >= 4 is 11.5 Å². The average molecular weight is 435 g/mol. The molecule has 1 saturated heterocycles. The second-order valence-electron chi connectivity index (χ2n) is 7.84. The number of carbonyl (C=O) groups excluding carboxylic acids is 1. The number of fused-ring (bicyclic) bond motifs is 1. The lowest BCUT2D eigenvalue weighted by Gasteiger charge is -2.32. The highest BCUT2D eigenvalue weighted by Gasteiger charge is 2.32. The predicted molar refractivity (Wildman–Crippen MR) is 109 cm³/mol. The number of alkyl halides is 3. The van der Waals surface area contributed by atoms with E-state index in [1.54, 1.807) is 6.20 Å². The summed E-state index contributed by atoms with van der Waals surface area (Å²) in [4.78, 5) is 18.2.